The van der Waals surface area contributed by atoms with Crippen molar-refractivity contribution in [2.45, 2.75) is 6.92 Å². The van der Waals surface area contributed by atoms with Crippen LogP contribution in [0.25, 0.3) is 11.3 Å². The van der Waals surface area contributed by atoms with E-state index >= 15 is 0 Å². The molecule has 1 saturated heterocycles. The van der Waals surface area contributed by atoms with Crippen molar-refractivity contribution in [1.29, 1.82) is 0 Å². The van der Waals surface area contributed by atoms with Crippen LogP contribution in [0, 0.1) is 6.92 Å². The molecule has 156 valence electrons. The molecule has 30 heavy (non-hydrogen) atoms. The Kier molecular flexibility index (Phi) is 6.30. The summed E-state index contributed by atoms with van der Waals surface area (Å²) in [7, 11) is 1.68. The largest absolute Gasteiger partial charge is 0.497 e. The SMILES string of the molecule is COc1ccc(N2CCN(CC(=O)Nc3ccc(-c4csc(C)n4)cc3)CC2)cc1. The summed E-state index contributed by atoms with van der Waals surface area (Å²) in [4.78, 5) is 21.5. The van der Waals surface area contributed by atoms with Gasteiger partial charge in [0.2, 0.25) is 5.91 Å². The first-order chi connectivity index (χ1) is 14.6. The Morgan fingerprint density at radius 2 is 1.77 bits per heavy atom. The molecular formula is C23H26N4O2S. The van der Waals surface area contributed by atoms with E-state index in [1.165, 1.54) is 5.69 Å². The highest BCUT2D eigenvalue weighted by molar-refractivity contribution is 7.09. The number of hydrogen-bond acceptors (Lipinski definition) is 6. The monoisotopic (exact) mass is 422 g/mol. The lowest BCUT2D eigenvalue weighted by Gasteiger charge is -2.35. The smallest absolute Gasteiger partial charge is 0.238 e. The second-order valence-electron chi connectivity index (χ2n) is 7.34. The van der Waals surface area contributed by atoms with E-state index in [0.29, 0.717) is 6.54 Å². The quantitative estimate of drug-likeness (QED) is 0.653. The fraction of sp³-hybridized carbons (Fsp3) is 0.304. The zero-order valence-corrected chi connectivity index (χ0v) is 18.1. The Bertz CT molecular complexity index is 977. The van der Waals surface area contributed by atoms with Crippen LogP contribution in [0.3, 0.4) is 0 Å². The molecule has 0 radical (unpaired) electrons. The van der Waals surface area contributed by atoms with Gasteiger partial charge in [-0.25, -0.2) is 4.98 Å². The van der Waals surface area contributed by atoms with Gasteiger partial charge in [0.05, 0.1) is 24.4 Å². The number of aryl methyl sites for hydroxylation is 1. The van der Waals surface area contributed by atoms with Crippen molar-refractivity contribution in [3.8, 4) is 17.0 Å². The van der Waals surface area contributed by atoms with Crippen molar-refractivity contribution in [3.05, 3.63) is 58.9 Å². The number of nitrogens with one attached hydrogen (secondary N) is 1. The van der Waals surface area contributed by atoms with Gasteiger partial charge in [0.1, 0.15) is 5.75 Å². The molecule has 0 bridgehead atoms. The summed E-state index contributed by atoms with van der Waals surface area (Å²) in [6.07, 6.45) is 0. The van der Waals surface area contributed by atoms with Crippen LogP contribution in [-0.4, -0.2) is 55.6 Å². The molecule has 1 aromatic heterocycles. The van der Waals surface area contributed by atoms with Gasteiger partial charge in [-0.3, -0.25) is 9.69 Å². The maximum Gasteiger partial charge on any atom is 0.238 e. The molecule has 1 fully saturated rings. The number of carbonyl (C=O) groups excluding carboxylic acids is 1. The molecule has 1 aliphatic heterocycles. The van der Waals surface area contributed by atoms with Crippen LogP contribution < -0.4 is 15.0 Å². The van der Waals surface area contributed by atoms with Gasteiger partial charge in [0, 0.05) is 48.5 Å². The summed E-state index contributed by atoms with van der Waals surface area (Å²) in [5, 5.41) is 6.10. The minimum absolute atomic E-state index is 0.0187. The van der Waals surface area contributed by atoms with Gasteiger partial charge in [-0.2, -0.15) is 0 Å². The maximum atomic E-state index is 12.5. The average molecular weight is 423 g/mol. The van der Waals surface area contributed by atoms with Crippen molar-refractivity contribution >= 4 is 28.6 Å². The van der Waals surface area contributed by atoms with E-state index in [9.17, 15) is 4.79 Å². The topological polar surface area (TPSA) is 57.7 Å². The van der Waals surface area contributed by atoms with E-state index in [1.807, 2.05) is 43.3 Å². The van der Waals surface area contributed by atoms with Gasteiger partial charge in [-0.1, -0.05) is 12.1 Å². The summed E-state index contributed by atoms with van der Waals surface area (Å²) in [5.74, 6) is 0.883. The van der Waals surface area contributed by atoms with Gasteiger partial charge >= 0.3 is 0 Å². The number of nitrogens with zero attached hydrogens (tertiary/aromatic N) is 3. The summed E-state index contributed by atoms with van der Waals surface area (Å²) in [6.45, 7) is 5.94. The Hall–Kier alpha value is -2.90. The van der Waals surface area contributed by atoms with Crippen LogP contribution in [0.5, 0.6) is 5.75 Å². The predicted octanol–water partition coefficient (Wildman–Crippen LogP) is 3.89. The summed E-state index contributed by atoms with van der Waals surface area (Å²) in [6, 6.07) is 16.0. The van der Waals surface area contributed by atoms with Gasteiger partial charge in [-0.15, -0.1) is 11.3 Å². The first-order valence-electron chi connectivity index (χ1n) is 10.0. The third-order valence-electron chi connectivity index (χ3n) is 5.26. The van der Waals surface area contributed by atoms with Gasteiger partial charge in [0.15, 0.2) is 0 Å². The molecule has 2 heterocycles. The number of methoxy groups -OCH3 is 1. The van der Waals surface area contributed by atoms with Crippen LogP contribution in [-0.2, 0) is 4.79 Å². The van der Waals surface area contributed by atoms with Crippen molar-refractivity contribution < 1.29 is 9.53 Å². The number of hydrogen-bond donors (Lipinski definition) is 1. The van der Waals surface area contributed by atoms with Gasteiger partial charge < -0.3 is 15.0 Å². The third-order valence-corrected chi connectivity index (χ3v) is 6.03. The Morgan fingerprint density at radius 3 is 2.37 bits per heavy atom. The second kappa shape index (κ2) is 9.28. The number of amides is 1. The van der Waals surface area contributed by atoms with Crippen molar-refractivity contribution in [2.75, 3.05) is 50.1 Å². The average Bonchev–Trinajstić information content (AvgIpc) is 3.21. The fourth-order valence-corrected chi connectivity index (χ4v) is 4.20. The second-order valence-corrected chi connectivity index (χ2v) is 8.40. The molecule has 2 aromatic carbocycles. The minimum atomic E-state index is 0.0187. The number of rotatable bonds is 6. The molecule has 0 atom stereocenters. The first-order valence-corrected chi connectivity index (χ1v) is 10.9. The molecule has 6 nitrogen and oxygen atoms in total. The number of aromatic nitrogens is 1. The van der Waals surface area contributed by atoms with Crippen LogP contribution in [0.1, 0.15) is 5.01 Å². The Balaban J connectivity index is 1.25. The normalized spacial score (nSPS) is 14.5. The van der Waals surface area contributed by atoms with Crippen molar-refractivity contribution in [1.82, 2.24) is 9.88 Å². The molecule has 1 aliphatic rings. The molecular weight excluding hydrogens is 396 g/mol. The molecule has 0 unspecified atom stereocenters. The van der Waals surface area contributed by atoms with E-state index in [-0.39, 0.29) is 5.91 Å². The summed E-state index contributed by atoms with van der Waals surface area (Å²) in [5.41, 5.74) is 4.04. The van der Waals surface area contributed by atoms with E-state index in [0.717, 1.165) is 53.9 Å². The van der Waals surface area contributed by atoms with E-state index in [1.54, 1.807) is 18.4 Å². The minimum Gasteiger partial charge on any atom is -0.497 e. The van der Waals surface area contributed by atoms with E-state index in [4.69, 9.17) is 4.74 Å². The Morgan fingerprint density at radius 1 is 1.07 bits per heavy atom. The van der Waals surface area contributed by atoms with Crippen LogP contribution in [0.2, 0.25) is 0 Å². The lowest BCUT2D eigenvalue weighted by molar-refractivity contribution is -0.117. The van der Waals surface area contributed by atoms with Crippen molar-refractivity contribution in [2.24, 2.45) is 0 Å². The predicted molar refractivity (Wildman–Crippen MR) is 123 cm³/mol. The lowest BCUT2D eigenvalue weighted by Crippen LogP contribution is -2.48. The lowest BCUT2D eigenvalue weighted by atomic mass is 10.1. The number of piperazine rings is 1. The highest BCUT2D eigenvalue weighted by atomic mass is 32.1. The number of carbonyl (C=O) groups is 1. The van der Waals surface area contributed by atoms with Crippen LogP contribution >= 0.6 is 11.3 Å². The number of benzene rings is 2. The zero-order chi connectivity index (χ0) is 20.9. The number of anilines is 2. The van der Waals surface area contributed by atoms with Gasteiger partial charge in [0.25, 0.3) is 0 Å². The number of thiazole rings is 1. The van der Waals surface area contributed by atoms with Crippen molar-refractivity contribution in [3.63, 3.8) is 0 Å². The van der Waals surface area contributed by atoms with Crippen LogP contribution in [0.4, 0.5) is 11.4 Å². The highest BCUT2D eigenvalue weighted by Crippen LogP contribution is 2.23. The maximum absolute atomic E-state index is 12.5. The number of ether oxygens (including phenoxy) is 1. The molecule has 0 aliphatic carbocycles. The van der Waals surface area contributed by atoms with Crippen LogP contribution in [0.15, 0.2) is 53.9 Å². The standard InChI is InChI=1S/C23H26N4O2S/c1-17-24-22(16-30-17)18-3-5-19(6-4-18)25-23(28)15-26-11-13-27(14-12-26)20-7-9-21(29-2)10-8-20/h3-10,16H,11-15H2,1-2H3,(H,25,28). The molecule has 7 heteroatoms. The molecule has 3 aromatic rings. The molecule has 0 spiro atoms. The molecule has 4 rings (SSSR count). The van der Waals surface area contributed by atoms with E-state index < -0.39 is 0 Å². The Labute approximate surface area is 181 Å². The zero-order valence-electron chi connectivity index (χ0n) is 17.3. The van der Waals surface area contributed by atoms with E-state index in [2.05, 4.69) is 37.6 Å². The summed E-state index contributed by atoms with van der Waals surface area (Å²) >= 11 is 1.64. The van der Waals surface area contributed by atoms with Gasteiger partial charge in [-0.05, 0) is 43.3 Å². The molecule has 1 amide bonds. The highest BCUT2D eigenvalue weighted by Gasteiger charge is 2.19. The summed E-state index contributed by atoms with van der Waals surface area (Å²) < 4.78 is 5.22. The first kappa shape index (κ1) is 20.4. The molecule has 1 N–H and O–H groups in total. The third kappa shape index (κ3) is 4.98. The molecule has 0 saturated carbocycles. The fourth-order valence-electron chi connectivity index (χ4n) is 3.58.